The Kier molecular flexibility index (Phi) is 6.85. The predicted molar refractivity (Wildman–Crippen MR) is 87.9 cm³/mol. The summed E-state index contributed by atoms with van der Waals surface area (Å²) >= 11 is 0. The molecule has 134 valence electrons. The first-order chi connectivity index (χ1) is 11.1. The van der Waals surface area contributed by atoms with Crippen molar-refractivity contribution >= 4 is 21.8 Å². The normalized spacial score (nSPS) is 12.8. The quantitative estimate of drug-likeness (QED) is 0.767. The van der Waals surface area contributed by atoms with E-state index in [2.05, 4.69) is 5.32 Å². The van der Waals surface area contributed by atoms with Crippen LogP contribution >= 0.6 is 0 Å². The second kappa shape index (κ2) is 8.20. The first-order valence-corrected chi connectivity index (χ1v) is 8.70. The highest BCUT2D eigenvalue weighted by Crippen LogP contribution is 2.18. The largest absolute Gasteiger partial charge is 0.349 e. The second-order valence-electron chi connectivity index (χ2n) is 5.40. The average Bonchev–Trinajstić information content (AvgIpc) is 2.57. The van der Waals surface area contributed by atoms with Crippen LogP contribution < -0.4 is 5.32 Å². The molecular weight excluding hydrogens is 337 g/mol. The molecular formula is C15H22FN3O4S. The highest BCUT2D eigenvalue weighted by Gasteiger charge is 2.30. The topological polar surface area (TPSA) is 86.8 Å². The van der Waals surface area contributed by atoms with E-state index in [9.17, 15) is 22.4 Å². The molecule has 1 aromatic carbocycles. The molecule has 0 aliphatic heterocycles. The van der Waals surface area contributed by atoms with E-state index in [4.69, 9.17) is 0 Å². The van der Waals surface area contributed by atoms with Crippen LogP contribution in [0.3, 0.4) is 0 Å². The van der Waals surface area contributed by atoms with Crippen LogP contribution in [-0.4, -0.2) is 69.8 Å². The number of likely N-dealkylation sites (N-methyl/N-ethyl adjacent to an activating group) is 2. The number of sulfonamides is 1. The van der Waals surface area contributed by atoms with Gasteiger partial charge in [-0.2, -0.15) is 4.31 Å². The van der Waals surface area contributed by atoms with Crippen molar-refractivity contribution in [2.24, 2.45) is 0 Å². The van der Waals surface area contributed by atoms with E-state index >= 15 is 0 Å². The Balaban J connectivity index is 3.11. The SMILES string of the molecule is CC(C(=O)N(C)C)N(C)S(=O)(=O)c1cccc(C(=O)NCCF)c1. The third-order valence-corrected chi connectivity index (χ3v) is 5.42. The van der Waals surface area contributed by atoms with Gasteiger partial charge in [-0.15, -0.1) is 0 Å². The van der Waals surface area contributed by atoms with Crippen molar-refractivity contribution in [2.75, 3.05) is 34.4 Å². The molecule has 9 heteroatoms. The summed E-state index contributed by atoms with van der Waals surface area (Å²) in [5.74, 6) is -0.928. The second-order valence-corrected chi connectivity index (χ2v) is 7.40. The van der Waals surface area contributed by atoms with E-state index in [1.54, 1.807) is 0 Å². The summed E-state index contributed by atoms with van der Waals surface area (Å²) in [6.07, 6.45) is 0. The Bertz CT molecular complexity index is 706. The Hall–Kier alpha value is -2.00. The predicted octanol–water partition coefficient (Wildman–Crippen LogP) is 0.483. The maximum Gasteiger partial charge on any atom is 0.251 e. The van der Waals surface area contributed by atoms with Crippen LogP contribution in [0, 0.1) is 0 Å². The lowest BCUT2D eigenvalue weighted by atomic mass is 10.2. The maximum atomic E-state index is 12.7. The molecule has 0 aliphatic carbocycles. The number of hydrogen-bond acceptors (Lipinski definition) is 4. The van der Waals surface area contributed by atoms with Gasteiger partial charge in [-0.25, -0.2) is 12.8 Å². The molecule has 0 bridgehead atoms. The summed E-state index contributed by atoms with van der Waals surface area (Å²) in [6, 6.07) is 4.50. The minimum absolute atomic E-state index is 0.101. The van der Waals surface area contributed by atoms with Gasteiger partial charge >= 0.3 is 0 Å². The van der Waals surface area contributed by atoms with E-state index in [1.165, 1.54) is 57.2 Å². The van der Waals surface area contributed by atoms with E-state index in [1.807, 2.05) is 0 Å². The van der Waals surface area contributed by atoms with Crippen molar-refractivity contribution in [3.05, 3.63) is 29.8 Å². The highest BCUT2D eigenvalue weighted by atomic mass is 32.2. The molecule has 7 nitrogen and oxygen atoms in total. The monoisotopic (exact) mass is 359 g/mol. The van der Waals surface area contributed by atoms with Crippen molar-refractivity contribution < 1.29 is 22.4 Å². The number of halogens is 1. The number of rotatable bonds is 7. The first-order valence-electron chi connectivity index (χ1n) is 7.26. The summed E-state index contributed by atoms with van der Waals surface area (Å²) in [5.41, 5.74) is 0.101. The van der Waals surface area contributed by atoms with Crippen LogP contribution in [0.2, 0.25) is 0 Å². The molecule has 0 radical (unpaired) electrons. The lowest BCUT2D eigenvalue weighted by Crippen LogP contribution is -2.45. The van der Waals surface area contributed by atoms with Crippen LogP contribution in [-0.2, 0) is 14.8 Å². The minimum Gasteiger partial charge on any atom is -0.349 e. The van der Waals surface area contributed by atoms with Gasteiger partial charge in [-0.3, -0.25) is 9.59 Å². The van der Waals surface area contributed by atoms with Crippen molar-refractivity contribution in [1.82, 2.24) is 14.5 Å². The van der Waals surface area contributed by atoms with E-state index < -0.39 is 28.6 Å². The maximum absolute atomic E-state index is 12.7. The van der Waals surface area contributed by atoms with Crippen LogP contribution in [0.25, 0.3) is 0 Å². The van der Waals surface area contributed by atoms with Crippen LogP contribution in [0.5, 0.6) is 0 Å². The zero-order valence-electron chi connectivity index (χ0n) is 14.1. The van der Waals surface area contributed by atoms with Gasteiger partial charge in [0.05, 0.1) is 4.90 Å². The van der Waals surface area contributed by atoms with Gasteiger partial charge in [0.25, 0.3) is 5.91 Å². The lowest BCUT2D eigenvalue weighted by Gasteiger charge is -2.26. The van der Waals surface area contributed by atoms with E-state index in [0.717, 1.165) is 4.31 Å². The molecule has 1 aromatic rings. The molecule has 1 atom stereocenters. The first kappa shape index (κ1) is 20.0. The molecule has 0 heterocycles. The molecule has 1 rings (SSSR count). The van der Waals surface area contributed by atoms with Crippen molar-refractivity contribution in [1.29, 1.82) is 0 Å². The smallest absolute Gasteiger partial charge is 0.251 e. The number of amides is 2. The highest BCUT2D eigenvalue weighted by molar-refractivity contribution is 7.89. The van der Waals surface area contributed by atoms with Gasteiger partial charge in [0, 0.05) is 33.3 Å². The molecule has 24 heavy (non-hydrogen) atoms. The van der Waals surface area contributed by atoms with Gasteiger partial charge in [-0.05, 0) is 25.1 Å². The van der Waals surface area contributed by atoms with Gasteiger partial charge in [0.15, 0.2) is 0 Å². The number of benzene rings is 1. The molecule has 0 fully saturated rings. The van der Waals surface area contributed by atoms with Gasteiger partial charge in [0.1, 0.15) is 12.7 Å². The van der Waals surface area contributed by atoms with Crippen molar-refractivity contribution in [3.63, 3.8) is 0 Å². The number of hydrogen-bond donors (Lipinski definition) is 1. The number of nitrogens with one attached hydrogen (secondary N) is 1. The molecule has 0 saturated carbocycles. The molecule has 0 saturated heterocycles. The molecule has 0 spiro atoms. The fourth-order valence-electron chi connectivity index (χ4n) is 1.96. The number of carbonyl (C=O) groups is 2. The summed E-state index contributed by atoms with van der Waals surface area (Å²) in [4.78, 5) is 25.0. The van der Waals surface area contributed by atoms with Crippen LogP contribution in [0.15, 0.2) is 29.2 Å². The third-order valence-electron chi connectivity index (χ3n) is 3.50. The Morgan fingerprint density at radius 1 is 1.25 bits per heavy atom. The standard InChI is InChI=1S/C15H22FN3O4S/c1-11(15(21)18(2)3)19(4)24(22,23)13-7-5-6-12(10-13)14(20)17-9-8-16/h5-7,10-11H,8-9H2,1-4H3,(H,17,20). The Morgan fingerprint density at radius 3 is 2.42 bits per heavy atom. The summed E-state index contributed by atoms with van der Waals surface area (Å²) in [7, 11) is 0.415. The van der Waals surface area contributed by atoms with Crippen LogP contribution in [0.4, 0.5) is 4.39 Å². The zero-order valence-corrected chi connectivity index (χ0v) is 14.9. The Morgan fingerprint density at radius 2 is 1.88 bits per heavy atom. The Labute approximate surface area is 141 Å². The summed E-state index contributed by atoms with van der Waals surface area (Å²) < 4.78 is 38.4. The molecule has 1 unspecified atom stereocenters. The summed E-state index contributed by atoms with van der Waals surface area (Å²) in [6.45, 7) is 0.623. The minimum atomic E-state index is -3.96. The van der Waals surface area contributed by atoms with Gasteiger partial charge in [0.2, 0.25) is 15.9 Å². The summed E-state index contributed by atoms with van der Waals surface area (Å²) in [5, 5.41) is 2.33. The van der Waals surface area contributed by atoms with E-state index in [-0.39, 0.29) is 22.9 Å². The number of alkyl halides is 1. The van der Waals surface area contributed by atoms with Crippen LogP contribution in [0.1, 0.15) is 17.3 Å². The third kappa shape index (κ3) is 4.51. The molecule has 1 N–H and O–H groups in total. The number of carbonyl (C=O) groups excluding carboxylic acids is 2. The fourth-order valence-corrected chi connectivity index (χ4v) is 3.33. The molecule has 2 amide bonds. The van der Waals surface area contributed by atoms with Gasteiger partial charge < -0.3 is 10.2 Å². The average molecular weight is 359 g/mol. The van der Waals surface area contributed by atoms with Gasteiger partial charge in [-0.1, -0.05) is 6.07 Å². The van der Waals surface area contributed by atoms with Crippen molar-refractivity contribution in [3.8, 4) is 0 Å². The fraction of sp³-hybridized carbons (Fsp3) is 0.467. The lowest BCUT2D eigenvalue weighted by molar-refractivity contribution is -0.131. The zero-order chi connectivity index (χ0) is 18.5. The van der Waals surface area contributed by atoms with Crippen molar-refractivity contribution in [2.45, 2.75) is 17.9 Å². The van der Waals surface area contributed by atoms with E-state index in [0.29, 0.717) is 0 Å². The number of nitrogens with zero attached hydrogens (tertiary/aromatic N) is 2. The molecule has 0 aliphatic rings. The molecule has 0 aromatic heterocycles.